The maximum atomic E-state index is 9.40. The molecule has 0 aromatic carbocycles. The number of nitrogens with one attached hydrogen (secondary N) is 1. The van der Waals surface area contributed by atoms with Crippen LogP contribution in [0.15, 0.2) is 18.3 Å². The Bertz CT molecular complexity index is 329. The van der Waals surface area contributed by atoms with Crippen LogP contribution in [-0.4, -0.2) is 41.2 Å². The third-order valence-electron chi connectivity index (χ3n) is 2.74. The highest BCUT2D eigenvalue weighted by molar-refractivity contribution is 5.42. The van der Waals surface area contributed by atoms with Gasteiger partial charge < -0.3 is 10.4 Å². The van der Waals surface area contributed by atoms with Gasteiger partial charge in [-0.2, -0.15) is 0 Å². The topological polar surface area (TPSA) is 48.4 Å². The van der Waals surface area contributed by atoms with Crippen LogP contribution in [0.25, 0.3) is 0 Å². The molecule has 0 bridgehead atoms. The summed E-state index contributed by atoms with van der Waals surface area (Å²) in [7, 11) is 1.90. The predicted octanol–water partition coefficient (Wildman–Crippen LogP) is 0.690. The Morgan fingerprint density at radius 2 is 2.53 bits per heavy atom. The van der Waals surface area contributed by atoms with Gasteiger partial charge in [0.15, 0.2) is 0 Å². The first kappa shape index (κ1) is 10.4. The van der Waals surface area contributed by atoms with Crippen LogP contribution in [0.4, 0.5) is 5.69 Å². The molecule has 1 atom stereocenters. The van der Waals surface area contributed by atoms with E-state index in [0.29, 0.717) is 0 Å². The number of likely N-dealkylation sites (tertiary alicyclic amines) is 1. The van der Waals surface area contributed by atoms with Crippen molar-refractivity contribution in [3.63, 3.8) is 0 Å². The van der Waals surface area contributed by atoms with Crippen molar-refractivity contribution in [2.24, 2.45) is 0 Å². The first-order valence-electron chi connectivity index (χ1n) is 5.31. The summed E-state index contributed by atoms with van der Waals surface area (Å²) in [5.74, 6) is 0. The molecule has 2 heterocycles. The summed E-state index contributed by atoms with van der Waals surface area (Å²) in [4.78, 5) is 6.54. The molecule has 2 N–H and O–H groups in total. The number of aliphatic hydroxyl groups is 1. The number of anilines is 1. The second-order valence-corrected chi connectivity index (χ2v) is 3.96. The van der Waals surface area contributed by atoms with Gasteiger partial charge >= 0.3 is 0 Å². The van der Waals surface area contributed by atoms with Crippen molar-refractivity contribution in [1.29, 1.82) is 0 Å². The first-order chi connectivity index (χ1) is 7.28. The quantitative estimate of drug-likeness (QED) is 0.765. The van der Waals surface area contributed by atoms with E-state index >= 15 is 0 Å². The van der Waals surface area contributed by atoms with Gasteiger partial charge in [-0.1, -0.05) is 0 Å². The predicted molar refractivity (Wildman–Crippen MR) is 59.7 cm³/mol. The minimum atomic E-state index is -0.155. The Kier molecular flexibility index (Phi) is 3.18. The highest BCUT2D eigenvalue weighted by Crippen LogP contribution is 2.14. The molecule has 4 nitrogen and oxygen atoms in total. The zero-order chi connectivity index (χ0) is 10.7. The first-order valence-corrected chi connectivity index (χ1v) is 5.31. The Balaban J connectivity index is 1.98. The van der Waals surface area contributed by atoms with E-state index in [1.165, 1.54) is 0 Å². The largest absolute Gasteiger partial charge is 0.392 e. The minimum absolute atomic E-state index is 0.155. The zero-order valence-corrected chi connectivity index (χ0v) is 8.98. The van der Waals surface area contributed by atoms with Crippen molar-refractivity contribution in [3.8, 4) is 0 Å². The average molecular weight is 207 g/mol. The van der Waals surface area contributed by atoms with E-state index in [4.69, 9.17) is 0 Å². The normalized spacial score (nSPS) is 21.9. The molecule has 2 rings (SSSR count). The van der Waals surface area contributed by atoms with Gasteiger partial charge in [-0.05, 0) is 18.6 Å². The fourth-order valence-electron chi connectivity index (χ4n) is 1.91. The van der Waals surface area contributed by atoms with E-state index in [2.05, 4.69) is 15.2 Å². The van der Waals surface area contributed by atoms with E-state index in [1.807, 2.05) is 25.4 Å². The third kappa shape index (κ3) is 2.67. The lowest BCUT2D eigenvalue weighted by molar-refractivity contribution is 0.174. The average Bonchev–Trinajstić information content (AvgIpc) is 2.64. The maximum absolute atomic E-state index is 9.40. The summed E-state index contributed by atoms with van der Waals surface area (Å²) >= 11 is 0. The van der Waals surface area contributed by atoms with E-state index in [0.717, 1.165) is 37.4 Å². The van der Waals surface area contributed by atoms with Gasteiger partial charge in [0, 0.05) is 38.6 Å². The highest BCUT2D eigenvalue weighted by Gasteiger charge is 2.20. The van der Waals surface area contributed by atoms with Gasteiger partial charge in [-0.25, -0.2) is 0 Å². The standard InChI is InChI=1S/C11H17N3O/c1-12-9-2-4-13-10(6-9)7-14-5-3-11(15)8-14/h2,4,6,11,15H,3,5,7-8H2,1H3,(H,12,13). The lowest BCUT2D eigenvalue weighted by atomic mass is 10.3. The molecule has 0 aliphatic carbocycles. The second kappa shape index (κ2) is 4.59. The fraction of sp³-hybridized carbons (Fsp3) is 0.545. The summed E-state index contributed by atoms with van der Waals surface area (Å²) in [6.07, 6.45) is 2.54. The van der Waals surface area contributed by atoms with Crippen molar-refractivity contribution in [1.82, 2.24) is 9.88 Å². The van der Waals surface area contributed by atoms with E-state index in [1.54, 1.807) is 0 Å². The summed E-state index contributed by atoms with van der Waals surface area (Å²) < 4.78 is 0. The number of nitrogens with zero attached hydrogens (tertiary/aromatic N) is 2. The molecule has 0 spiro atoms. The van der Waals surface area contributed by atoms with Crippen LogP contribution in [0, 0.1) is 0 Å². The molecule has 4 heteroatoms. The van der Waals surface area contributed by atoms with Gasteiger partial charge in [0.25, 0.3) is 0 Å². The lowest BCUT2D eigenvalue weighted by Gasteiger charge is -2.14. The van der Waals surface area contributed by atoms with Crippen molar-refractivity contribution in [2.45, 2.75) is 19.1 Å². The van der Waals surface area contributed by atoms with Crippen molar-refractivity contribution in [3.05, 3.63) is 24.0 Å². The molecule has 1 fully saturated rings. The monoisotopic (exact) mass is 207 g/mol. The molecule has 1 aliphatic heterocycles. The van der Waals surface area contributed by atoms with Gasteiger partial charge in [-0.15, -0.1) is 0 Å². The molecule has 0 amide bonds. The van der Waals surface area contributed by atoms with Gasteiger partial charge in [0.05, 0.1) is 11.8 Å². The van der Waals surface area contributed by atoms with Crippen molar-refractivity contribution in [2.75, 3.05) is 25.5 Å². The summed E-state index contributed by atoms with van der Waals surface area (Å²) in [6.45, 7) is 2.56. The number of aliphatic hydroxyl groups excluding tert-OH is 1. The smallest absolute Gasteiger partial charge is 0.0679 e. The molecule has 1 aromatic heterocycles. The van der Waals surface area contributed by atoms with Crippen LogP contribution in [-0.2, 0) is 6.54 Å². The second-order valence-electron chi connectivity index (χ2n) is 3.96. The zero-order valence-electron chi connectivity index (χ0n) is 8.98. The fourth-order valence-corrected chi connectivity index (χ4v) is 1.91. The molecule has 1 saturated heterocycles. The minimum Gasteiger partial charge on any atom is -0.392 e. The van der Waals surface area contributed by atoms with E-state index in [-0.39, 0.29) is 6.10 Å². The number of aromatic nitrogens is 1. The highest BCUT2D eigenvalue weighted by atomic mass is 16.3. The van der Waals surface area contributed by atoms with Crippen LogP contribution in [0.5, 0.6) is 0 Å². The van der Waals surface area contributed by atoms with Gasteiger partial charge in [-0.3, -0.25) is 9.88 Å². The number of hydrogen-bond donors (Lipinski definition) is 2. The Morgan fingerprint density at radius 1 is 1.67 bits per heavy atom. The lowest BCUT2D eigenvalue weighted by Crippen LogP contribution is -2.22. The maximum Gasteiger partial charge on any atom is 0.0679 e. The van der Waals surface area contributed by atoms with Crippen molar-refractivity contribution >= 4 is 5.69 Å². The molecular formula is C11H17N3O. The number of β-amino-alcohol motifs (C(OH)–C–C–N with tert-alkyl or cyclic N) is 1. The van der Waals surface area contributed by atoms with Crippen LogP contribution in [0.1, 0.15) is 12.1 Å². The summed E-state index contributed by atoms with van der Waals surface area (Å²) in [6, 6.07) is 3.99. The Hall–Kier alpha value is -1.13. The molecule has 15 heavy (non-hydrogen) atoms. The molecule has 82 valence electrons. The van der Waals surface area contributed by atoms with Crippen LogP contribution < -0.4 is 5.32 Å². The molecular weight excluding hydrogens is 190 g/mol. The van der Waals surface area contributed by atoms with E-state index < -0.39 is 0 Å². The number of pyridine rings is 1. The SMILES string of the molecule is CNc1ccnc(CN2CCC(O)C2)c1. The molecule has 0 saturated carbocycles. The van der Waals surface area contributed by atoms with E-state index in [9.17, 15) is 5.11 Å². The molecule has 1 unspecified atom stereocenters. The van der Waals surface area contributed by atoms with Gasteiger partial charge in [0.2, 0.25) is 0 Å². The number of rotatable bonds is 3. The van der Waals surface area contributed by atoms with Gasteiger partial charge in [0.1, 0.15) is 0 Å². The van der Waals surface area contributed by atoms with Crippen molar-refractivity contribution < 1.29 is 5.11 Å². The Labute approximate surface area is 89.9 Å². The molecule has 1 aromatic rings. The summed E-state index contributed by atoms with van der Waals surface area (Å²) in [5.41, 5.74) is 2.13. The van der Waals surface area contributed by atoms with Crippen LogP contribution in [0.2, 0.25) is 0 Å². The third-order valence-corrected chi connectivity index (χ3v) is 2.74. The number of hydrogen-bond acceptors (Lipinski definition) is 4. The van der Waals surface area contributed by atoms with Crippen LogP contribution in [0.3, 0.4) is 0 Å². The van der Waals surface area contributed by atoms with Crippen LogP contribution >= 0.6 is 0 Å². The Morgan fingerprint density at radius 3 is 3.20 bits per heavy atom. The molecule has 0 radical (unpaired) electrons. The molecule has 1 aliphatic rings. The summed E-state index contributed by atoms with van der Waals surface area (Å²) in [5, 5.41) is 12.5.